The van der Waals surface area contributed by atoms with E-state index in [2.05, 4.69) is 24.9 Å². The van der Waals surface area contributed by atoms with Crippen molar-refractivity contribution in [2.24, 2.45) is 7.05 Å². The highest BCUT2D eigenvalue weighted by atomic mass is 19.4. The van der Waals surface area contributed by atoms with Gasteiger partial charge in [0.25, 0.3) is 0 Å². The van der Waals surface area contributed by atoms with E-state index in [1.807, 2.05) is 0 Å². The summed E-state index contributed by atoms with van der Waals surface area (Å²) in [7, 11) is 2.71. The summed E-state index contributed by atoms with van der Waals surface area (Å²) in [6, 6.07) is 3.47. The molecule has 5 rings (SSSR count). The number of methoxy groups -OCH3 is 1. The van der Waals surface area contributed by atoms with E-state index >= 15 is 0 Å². The average Bonchev–Trinajstić information content (AvgIpc) is 3.64. The van der Waals surface area contributed by atoms with Gasteiger partial charge in [-0.1, -0.05) is 0 Å². The molecule has 0 N–H and O–H groups in total. The van der Waals surface area contributed by atoms with Crippen LogP contribution in [0.2, 0.25) is 0 Å². The number of benzene rings is 1. The van der Waals surface area contributed by atoms with Gasteiger partial charge in [-0.25, -0.2) is 28.7 Å². The van der Waals surface area contributed by atoms with E-state index in [1.165, 1.54) is 32.7 Å². The van der Waals surface area contributed by atoms with Crippen molar-refractivity contribution in [1.82, 2.24) is 29.5 Å². The molecule has 38 heavy (non-hydrogen) atoms. The number of hydrogen-bond donors (Lipinski definition) is 0. The second kappa shape index (κ2) is 9.62. The van der Waals surface area contributed by atoms with Gasteiger partial charge in [0.1, 0.15) is 35.5 Å². The highest BCUT2D eigenvalue weighted by Crippen LogP contribution is 2.45. The third-order valence-electron chi connectivity index (χ3n) is 6.07. The van der Waals surface area contributed by atoms with Crippen LogP contribution in [0.4, 0.5) is 22.0 Å². The normalized spacial score (nSPS) is 14.4. The highest BCUT2D eigenvalue weighted by Gasteiger charge is 2.35. The van der Waals surface area contributed by atoms with Crippen LogP contribution in [0, 0.1) is 11.6 Å². The number of aryl methyl sites for hydroxylation is 1. The zero-order valence-corrected chi connectivity index (χ0v) is 20.4. The number of ether oxygens (including phenoxy) is 2. The van der Waals surface area contributed by atoms with Crippen molar-refractivity contribution in [2.45, 2.75) is 38.0 Å². The Labute approximate surface area is 213 Å². The van der Waals surface area contributed by atoms with Gasteiger partial charge in [-0.2, -0.15) is 18.2 Å². The van der Waals surface area contributed by atoms with E-state index in [4.69, 9.17) is 9.47 Å². The van der Waals surface area contributed by atoms with Gasteiger partial charge >= 0.3 is 6.18 Å². The van der Waals surface area contributed by atoms with Crippen molar-refractivity contribution in [3.8, 4) is 34.5 Å². The van der Waals surface area contributed by atoms with Crippen molar-refractivity contribution in [2.75, 3.05) is 7.11 Å². The standard InChI is InChI=1S/C25H21F5N6O2/c1-12(14-8-15(26)19(16(27)9-14)23-34-17(10-36(23)2)25(28,29)30)38-18-6-7-31-22(35-18)20-21(13-4-5-13)32-11-33-24(20)37-3/h6-13H,4-5H2,1-3H3. The Morgan fingerprint density at radius 2 is 1.74 bits per heavy atom. The number of alkyl halides is 3. The maximum atomic E-state index is 15.0. The highest BCUT2D eigenvalue weighted by molar-refractivity contribution is 5.66. The summed E-state index contributed by atoms with van der Waals surface area (Å²) in [5.74, 6) is -1.68. The lowest BCUT2D eigenvalue weighted by molar-refractivity contribution is -0.140. The van der Waals surface area contributed by atoms with E-state index in [9.17, 15) is 22.0 Å². The fraction of sp³-hybridized carbons (Fsp3) is 0.320. The molecule has 0 radical (unpaired) electrons. The molecule has 1 saturated carbocycles. The number of rotatable bonds is 7. The Bertz CT molecular complexity index is 1480. The molecule has 3 aromatic heterocycles. The Balaban J connectivity index is 1.43. The van der Waals surface area contributed by atoms with Gasteiger partial charge in [-0.3, -0.25) is 0 Å². The van der Waals surface area contributed by atoms with Gasteiger partial charge in [0, 0.05) is 31.4 Å². The van der Waals surface area contributed by atoms with Crippen molar-refractivity contribution < 1.29 is 31.4 Å². The molecule has 1 atom stereocenters. The minimum absolute atomic E-state index is 0.105. The summed E-state index contributed by atoms with van der Waals surface area (Å²) in [6.45, 7) is 1.56. The van der Waals surface area contributed by atoms with Crippen molar-refractivity contribution in [3.05, 3.63) is 65.5 Å². The first-order chi connectivity index (χ1) is 18.1. The summed E-state index contributed by atoms with van der Waals surface area (Å²) in [6.07, 6.45) is -0.123. The molecule has 1 fully saturated rings. The number of hydrogen-bond acceptors (Lipinski definition) is 7. The van der Waals surface area contributed by atoms with Crippen LogP contribution in [0.3, 0.4) is 0 Å². The first-order valence-corrected chi connectivity index (χ1v) is 11.6. The van der Waals surface area contributed by atoms with Crippen LogP contribution < -0.4 is 9.47 Å². The van der Waals surface area contributed by atoms with Crippen molar-refractivity contribution in [3.63, 3.8) is 0 Å². The predicted octanol–water partition coefficient (Wildman–Crippen LogP) is 5.66. The molecule has 1 aromatic carbocycles. The van der Waals surface area contributed by atoms with Gasteiger partial charge in [-0.15, -0.1) is 0 Å². The Kier molecular flexibility index (Phi) is 6.45. The Morgan fingerprint density at radius 3 is 2.34 bits per heavy atom. The fourth-order valence-electron chi connectivity index (χ4n) is 4.07. The van der Waals surface area contributed by atoms with Crippen LogP contribution >= 0.6 is 0 Å². The van der Waals surface area contributed by atoms with Gasteiger partial charge in [0.05, 0.1) is 18.4 Å². The smallest absolute Gasteiger partial charge is 0.434 e. The molecule has 13 heteroatoms. The number of imidazole rings is 1. The molecule has 0 bridgehead atoms. The molecule has 0 saturated heterocycles. The number of halogens is 5. The minimum Gasteiger partial charge on any atom is -0.480 e. The van der Waals surface area contributed by atoms with Crippen LogP contribution in [0.25, 0.3) is 22.8 Å². The lowest BCUT2D eigenvalue weighted by Gasteiger charge is -2.17. The lowest BCUT2D eigenvalue weighted by atomic mass is 10.1. The molecule has 1 aliphatic rings. The second-order valence-corrected chi connectivity index (χ2v) is 8.81. The zero-order chi connectivity index (χ0) is 27.2. The summed E-state index contributed by atoms with van der Waals surface area (Å²) in [4.78, 5) is 20.6. The third kappa shape index (κ3) is 4.87. The average molecular weight is 532 g/mol. The molecule has 8 nitrogen and oxygen atoms in total. The molecule has 1 unspecified atom stereocenters. The molecule has 0 spiro atoms. The maximum Gasteiger partial charge on any atom is 0.434 e. The summed E-state index contributed by atoms with van der Waals surface area (Å²) >= 11 is 0. The fourth-order valence-corrected chi connectivity index (χ4v) is 4.07. The second-order valence-electron chi connectivity index (χ2n) is 8.81. The third-order valence-corrected chi connectivity index (χ3v) is 6.07. The molecule has 3 heterocycles. The topological polar surface area (TPSA) is 87.8 Å². The van der Waals surface area contributed by atoms with E-state index in [-0.39, 0.29) is 23.2 Å². The van der Waals surface area contributed by atoms with Crippen LogP contribution in [0.1, 0.15) is 48.7 Å². The van der Waals surface area contributed by atoms with Crippen molar-refractivity contribution in [1.29, 1.82) is 0 Å². The quantitative estimate of drug-likeness (QED) is 0.284. The van der Waals surface area contributed by atoms with Gasteiger partial charge < -0.3 is 14.0 Å². The largest absolute Gasteiger partial charge is 0.480 e. The van der Waals surface area contributed by atoms with Gasteiger partial charge in [0.15, 0.2) is 11.5 Å². The molecule has 0 amide bonds. The van der Waals surface area contributed by atoms with Gasteiger partial charge in [-0.05, 0) is 37.5 Å². The molecule has 198 valence electrons. The maximum absolute atomic E-state index is 15.0. The van der Waals surface area contributed by atoms with Crippen LogP contribution in [-0.4, -0.2) is 36.6 Å². The van der Waals surface area contributed by atoms with Crippen LogP contribution in [-0.2, 0) is 13.2 Å². The van der Waals surface area contributed by atoms with Crippen molar-refractivity contribution >= 4 is 0 Å². The summed E-state index contributed by atoms with van der Waals surface area (Å²) < 4.78 is 81.2. The number of aromatic nitrogens is 6. The number of nitrogens with zero attached hydrogens (tertiary/aromatic N) is 6. The Hall–Kier alpha value is -4.16. The van der Waals surface area contributed by atoms with E-state index in [1.54, 1.807) is 6.92 Å². The van der Waals surface area contributed by atoms with Crippen LogP contribution in [0.15, 0.2) is 36.9 Å². The molecular formula is C25H21F5N6O2. The summed E-state index contributed by atoms with van der Waals surface area (Å²) in [5.41, 5.74) is -0.505. The van der Waals surface area contributed by atoms with E-state index in [0.717, 1.165) is 35.2 Å². The lowest BCUT2D eigenvalue weighted by Crippen LogP contribution is -2.08. The van der Waals surface area contributed by atoms with E-state index < -0.39 is 41.0 Å². The van der Waals surface area contributed by atoms with Crippen LogP contribution in [0.5, 0.6) is 11.8 Å². The molecule has 4 aromatic rings. The monoisotopic (exact) mass is 532 g/mol. The van der Waals surface area contributed by atoms with Gasteiger partial charge in [0.2, 0.25) is 11.8 Å². The molecular weight excluding hydrogens is 511 g/mol. The van der Waals surface area contributed by atoms with E-state index in [0.29, 0.717) is 17.6 Å². The predicted molar refractivity (Wildman–Crippen MR) is 124 cm³/mol. The molecule has 1 aliphatic carbocycles. The minimum atomic E-state index is -4.75. The Morgan fingerprint density at radius 1 is 1.03 bits per heavy atom. The summed E-state index contributed by atoms with van der Waals surface area (Å²) in [5, 5.41) is 0. The first kappa shape index (κ1) is 25.5. The zero-order valence-electron chi connectivity index (χ0n) is 20.4. The SMILES string of the molecule is COc1ncnc(C2CC2)c1-c1nccc(OC(C)c2cc(F)c(-c3nc(C(F)(F)F)cn3C)c(F)c2)n1. The molecule has 0 aliphatic heterocycles. The first-order valence-electron chi connectivity index (χ1n) is 11.6.